The number of amides is 2. The zero-order valence-corrected chi connectivity index (χ0v) is 14.2. The maximum Gasteiger partial charge on any atom is 0.224 e. The third-order valence-corrected chi connectivity index (χ3v) is 8.16. The molecule has 3 fully saturated rings. The summed E-state index contributed by atoms with van der Waals surface area (Å²) in [6, 6.07) is -0.728. The number of carbonyl (C=O) groups excluding carboxylic acids is 2. The average molecular weight is 364 g/mol. The number of carbonyl (C=O) groups is 2. The van der Waals surface area contributed by atoms with Crippen molar-refractivity contribution in [1.29, 1.82) is 0 Å². The quantitative estimate of drug-likeness (QED) is 0.608. The topological polar surface area (TPSA) is 126 Å². The molecule has 0 spiro atoms. The average Bonchev–Trinajstić information content (AvgIpc) is 3.07. The third-order valence-electron chi connectivity index (χ3n) is 4.62. The maximum absolute atomic E-state index is 12.0. The Labute approximate surface area is 135 Å². The fourth-order valence-electron chi connectivity index (χ4n) is 3.21. The number of sulfone groups is 2. The normalized spacial score (nSPS) is 37.2. The Kier molecular flexibility index (Phi) is 4.16. The number of hydrogen-bond donors (Lipinski definition) is 2. The van der Waals surface area contributed by atoms with Crippen molar-refractivity contribution in [3.05, 3.63) is 0 Å². The van der Waals surface area contributed by atoms with E-state index in [1.54, 1.807) is 0 Å². The molecule has 10 heteroatoms. The first-order valence-corrected chi connectivity index (χ1v) is 11.3. The molecule has 0 bridgehead atoms. The Morgan fingerprint density at radius 1 is 0.739 bits per heavy atom. The van der Waals surface area contributed by atoms with E-state index >= 15 is 0 Å². The molecule has 3 rings (SSSR count). The van der Waals surface area contributed by atoms with Crippen LogP contribution in [0.2, 0.25) is 0 Å². The lowest BCUT2D eigenvalue weighted by atomic mass is 10.2. The first kappa shape index (κ1) is 16.7. The molecule has 130 valence electrons. The molecule has 2 N–H and O–H groups in total. The van der Waals surface area contributed by atoms with E-state index in [0.717, 1.165) is 0 Å². The molecule has 8 nitrogen and oxygen atoms in total. The van der Waals surface area contributed by atoms with Gasteiger partial charge in [-0.3, -0.25) is 9.59 Å². The van der Waals surface area contributed by atoms with Crippen molar-refractivity contribution in [2.45, 2.75) is 31.3 Å². The van der Waals surface area contributed by atoms with Gasteiger partial charge in [-0.2, -0.15) is 0 Å². The monoisotopic (exact) mass is 364 g/mol. The highest BCUT2D eigenvalue weighted by atomic mass is 32.2. The first-order valence-electron chi connectivity index (χ1n) is 7.67. The molecule has 3 aliphatic rings. The predicted molar refractivity (Wildman–Crippen MR) is 82.0 cm³/mol. The van der Waals surface area contributed by atoms with Crippen molar-refractivity contribution in [3.8, 4) is 0 Å². The SMILES string of the molecule is O=C(NC1CCS(=O)(=O)C1)C1CC1C(=O)NC1CCS(=O)(=O)C1. The van der Waals surface area contributed by atoms with Crippen molar-refractivity contribution in [3.63, 3.8) is 0 Å². The van der Waals surface area contributed by atoms with Crippen molar-refractivity contribution in [2.75, 3.05) is 23.0 Å². The van der Waals surface area contributed by atoms with Crippen LogP contribution in [-0.2, 0) is 29.3 Å². The molecular weight excluding hydrogens is 344 g/mol. The molecule has 4 atom stereocenters. The summed E-state index contributed by atoms with van der Waals surface area (Å²) < 4.78 is 45.4. The zero-order valence-electron chi connectivity index (χ0n) is 12.5. The second kappa shape index (κ2) is 5.73. The lowest BCUT2D eigenvalue weighted by Crippen LogP contribution is -2.40. The Bertz CT molecular complexity index is 668. The molecule has 0 aromatic rings. The highest BCUT2D eigenvalue weighted by Gasteiger charge is 2.49. The van der Waals surface area contributed by atoms with Gasteiger partial charge >= 0.3 is 0 Å². The van der Waals surface area contributed by atoms with Crippen LogP contribution in [0.3, 0.4) is 0 Å². The maximum atomic E-state index is 12.0. The third kappa shape index (κ3) is 4.03. The Balaban J connectivity index is 1.45. The van der Waals surface area contributed by atoms with E-state index in [4.69, 9.17) is 0 Å². The smallest absolute Gasteiger partial charge is 0.224 e. The molecular formula is C13H20N2O6S2. The lowest BCUT2D eigenvalue weighted by molar-refractivity contribution is -0.127. The van der Waals surface area contributed by atoms with Crippen molar-refractivity contribution in [2.24, 2.45) is 11.8 Å². The molecule has 4 unspecified atom stereocenters. The molecule has 2 saturated heterocycles. The van der Waals surface area contributed by atoms with E-state index in [-0.39, 0.29) is 46.9 Å². The molecule has 2 aliphatic heterocycles. The molecule has 1 aliphatic carbocycles. The second-order valence-corrected chi connectivity index (χ2v) is 11.1. The van der Waals surface area contributed by atoms with Gasteiger partial charge in [0.15, 0.2) is 19.7 Å². The fraction of sp³-hybridized carbons (Fsp3) is 0.846. The van der Waals surface area contributed by atoms with E-state index < -0.39 is 31.5 Å². The molecule has 23 heavy (non-hydrogen) atoms. The predicted octanol–water partition coefficient (Wildman–Crippen LogP) is -1.77. The van der Waals surface area contributed by atoms with Crippen LogP contribution in [0, 0.1) is 11.8 Å². The summed E-state index contributed by atoms with van der Waals surface area (Å²) in [5.41, 5.74) is 0. The molecule has 0 aromatic heterocycles. The van der Waals surface area contributed by atoms with Crippen LogP contribution >= 0.6 is 0 Å². The van der Waals surface area contributed by atoms with Gasteiger partial charge in [-0.15, -0.1) is 0 Å². The van der Waals surface area contributed by atoms with Gasteiger partial charge in [0.05, 0.1) is 34.8 Å². The number of hydrogen-bond acceptors (Lipinski definition) is 6. The molecule has 1 saturated carbocycles. The van der Waals surface area contributed by atoms with Crippen molar-refractivity contribution in [1.82, 2.24) is 10.6 Å². The minimum absolute atomic E-state index is 0.0394. The van der Waals surface area contributed by atoms with Crippen molar-refractivity contribution >= 4 is 31.5 Å². The van der Waals surface area contributed by atoms with Gasteiger partial charge in [-0.1, -0.05) is 0 Å². The molecule has 2 amide bonds. The van der Waals surface area contributed by atoms with Gasteiger partial charge in [0.25, 0.3) is 0 Å². The van der Waals surface area contributed by atoms with E-state index in [1.807, 2.05) is 0 Å². The van der Waals surface area contributed by atoms with Gasteiger partial charge in [-0.05, 0) is 19.3 Å². The summed E-state index contributed by atoms with van der Waals surface area (Å²) in [4.78, 5) is 24.1. The van der Waals surface area contributed by atoms with E-state index in [0.29, 0.717) is 19.3 Å². The van der Waals surface area contributed by atoms with Gasteiger partial charge in [0.1, 0.15) is 0 Å². The Hall–Kier alpha value is -1.16. The van der Waals surface area contributed by atoms with Crippen LogP contribution in [0.5, 0.6) is 0 Å². The molecule has 0 radical (unpaired) electrons. The number of rotatable bonds is 4. The molecule has 2 heterocycles. The Morgan fingerprint density at radius 2 is 1.13 bits per heavy atom. The summed E-state index contributed by atoms with van der Waals surface area (Å²) in [6.07, 6.45) is 1.26. The van der Waals surface area contributed by atoms with Crippen LogP contribution in [0.1, 0.15) is 19.3 Å². The van der Waals surface area contributed by atoms with Crippen LogP contribution < -0.4 is 10.6 Å². The van der Waals surface area contributed by atoms with Gasteiger partial charge < -0.3 is 10.6 Å². The summed E-state index contributed by atoms with van der Waals surface area (Å²) in [7, 11) is -6.11. The van der Waals surface area contributed by atoms with E-state index in [2.05, 4.69) is 10.6 Å². The Morgan fingerprint density at radius 3 is 1.43 bits per heavy atom. The largest absolute Gasteiger partial charge is 0.352 e. The van der Waals surface area contributed by atoms with Gasteiger partial charge in [-0.25, -0.2) is 16.8 Å². The number of nitrogens with one attached hydrogen (secondary N) is 2. The first-order chi connectivity index (χ1) is 10.7. The summed E-state index contributed by atoms with van der Waals surface area (Å²) in [5, 5.41) is 5.39. The van der Waals surface area contributed by atoms with Gasteiger partial charge in [0.2, 0.25) is 11.8 Å². The highest BCUT2D eigenvalue weighted by molar-refractivity contribution is 7.91. The second-order valence-electron chi connectivity index (χ2n) is 6.67. The van der Waals surface area contributed by atoms with Crippen LogP contribution in [-0.4, -0.2) is 63.7 Å². The lowest BCUT2D eigenvalue weighted by Gasteiger charge is -2.12. The fourth-order valence-corrected chi connectivity index (χ4v) is 6.56. The van der Waals surface area contributed by atoms with Crippen molar-refractivity contribution < 1.29 is 26.4 Å². The van der Waals surface area contributed by atoms with E-state index in [1.165, 1.54) is 0 Å². The summed E-state index contributed by atoms with van der Waals surface area (Å²) in [6.45, 7) is 0. The molecule has 0 aromatic carbocycles. The standard InChI is InChI=1S/C13H20N2O6S2/c16-12(14-8-1-3-22(18,19)6-8)10-5-11(10)13(17)15-9-2-4-23(20,21)7-9/h8-11H,1-7H2,(H,14,16)(H,15,17). The zero-order chi connectivity index (χ0) is 16.8. The minimum atomic E-state index is -3.05. The summed E-state index contributed by atoms with van der Waals surface area (Å²) >= 11 is 0. The highest BCUT2D eigenvalue weighted by Crippen LogP contribution is 2.39. The van der Waals surface area contributed by atoms with Gasteiger partial charge in [0, 0.05) is 12.1 Å². The minimum Gasteiger partial charge on any atom is -0.352 e. The van der Waals surface area contributed by atoms with E-state index in [9.17, 15) is 26.4 Å². The van der Waals surface area contributed by atoms with Crippen LogP contribution in [0.15, 0.2) is 0 Å². The van der Waals surface area contributed by atoms with Crippen LogP contribution in [0.4, 0.5) is 0 Å². The summed E-state index contributed by atoms with van der Waals surface area (Å²) in [5.74, 6) is -1.35. The van der Waals surface area contributed by atoms with Crippen LogP contribution in [0.25, 0.3) is 0 Å².